The summed E-state index contributed by atoms with van der Waals surface area (Å²) in [5.74, 6) is -0.600. The van der Waals surface area contributed by atoms with E-state index in [1.54, 1.807) is 0 Å². The zero-order chi connectivity index (χ0) is 16.4. The van der Waals surface area contributed by atoms with Gasteiger partial charge in [0.05, 0.1) is 12.5 Å². The second-order valence-electron chi connectivity index (χ2n) is 6.33. The molecule has 1 aromatic carbocycles. The molecule has 3 rings (SSSR count). The molecule has 1 aliphatic heterocycles. The van der Waals surface area contributed by atoms with Crippen LogP contribution in [0.5, 0.6) is 0 Å². The van der Waals surface area contributed by atoms with E-state index < -0.39 is 0 Å². The Morgan fingerprint density at radius 2 is 2.04 bits per heavy atom. The molecule has 1 N–H and O–H groups in total. The summed E-state index contributed by atoms with van der Waals surface area (Å²) in [4.78, 5) is 35.3. The first-order valence-corrected chi connectivity index (χ1v) is 8.15. The van der Waals surface area contributed by atoms with Gasteiger partial charge in [-0.3, -0.25) is 14.4 Å². The molecule has 2 aliphatic rings. The van der Waals surface area contributed by atoms with Crippen molar-refractivity contribution >= 4 is 17.7 Å². The molecule has 0 bridgehead atoms. The van der Waals surface area contributed by atoms with Crippen molar-refractivity contribution < 1.29 is 19.1 Å². The highest BCUT2D eigenvalue weighted by atomic mass is 16.6. The van der Waals surface area contributed by atoms with E-state index >= 15 is 0 Å². The van der Waals surface area contributed by atoms with Gasteiger partial charge in [-0.25, -0.2) is 0 Å². The van der Waals surface area contributed by atoms with E-state index in [-0.39, 0.29) is 29.7 Å². The maximum absolute atomic E-state index is 12.2. The molecule has 1 saturated heterocycles. The number of hydrogen-bond donors (Lipinski definition) is 1. The number of carbonyl (C=O) groups is 3. The van der Waals surface area contributed by atoms with E-state index in [4.69, 9.17) is 4.74 Å². The fraction of sp³-hybridized carbons (Fsp3) is 0.500. The minimum atomic E-state index is -0.352. The molecule has 1 fully saturated rings. The van der Waals surface area contributed by atoms with Crippen molar-refractivity contribution in [1.29, 1.82) is 0 Å². The summed E-state index contributed by atoms with van der Waals surface area (Å²) in [5.41, 5.74) is 2.69. The van der Waals surface area contributed by atoms with Crippen LogP contribution in [0.4, 0.5) is 0 Å². The van der Waals surface area contributed by atoms with Crippen molar-refractivity contribution in [2.75, 3.05) is 6.54 Å². The highest BCUT2D eigenvalue weighted by Gasteiger charge is 2.36. The first-order chi connectivity index (χ1) is 11.0. The third-order valence-electron chi connectivity index (χ3n) is 4.58. The van der Waals surface area contributed by atoms with Crippen LogP contribution in [-0.4, -0.2) is 30.3 Å². The van der Waals surface area contributed by atoms with Crippen LogP contribution in [0.2, 0.25) is 0 Å². The number of benzene rings is 1. The molecule has 122 valence electrons. The number of hydrogen-bond acceptors (Lipinski definition) is 4. The topological polar surface area (TPSA) is 72.5 Å². The molecule has 0 spiro atoms. The van der Waals surface area contributed by atoms with Crippen LogP contribution in [-0.2, 0) is 20.7 Å². The number of esters is 1. The van der Waals surface area contributed by atoms with Crippen LogP contribution < -0.4 is 5.32 Å². The lowest BCUT2D eigenvalue weighted by Gasteiger charge is -2.11. The number of amides is 1. The van der Waals surface area contributed by atoms with Crippen molar-refractivity contribution in [2.24, 2.45) is 0 Å². The van der Waals surface area contributed by atoms with Gasteiger partial charge >= 0.3 is 5.97 Å². The molecule has 1 amide bonds. The monoisotopic (exact) mass is 315 g/mol. The molecule has 23 heavy (non-hydrogen) atoms. The first kappa shape index (κ1) is 15.7. The van der Waals surface area contributed by atoms with E-state index in [1.165, 1.54) is 6.92 Å². The zero-order valence-corrected chi connectivity index (χ0v) is 13.3. The molecule has 0 saturated carbocycles. The molecule has 1 aromatic rings. The second kappa shape index (κ2) is 6.52. The number of ketones is 1. The summed E-state index contributed by atoms with van der Waals surface area (Å²) in [6.45, 7) is 1.77. The van der Waals surface area contributed by atoms with Gasteiger partial charge in [-0.1, -0.05) is 12.1 Å². The fourth-order valence-corrected chi connectivity index (χ4v) is 3.33. The summed E-state index contributed by atoms with van der Waals surface area (Å²) in [6, 6.07) is 5.78. The smallest absolute Gasteiger partial charge is 0.313 e. The molecule has 0 aromatic heterocycles. The highest BCUT2D eigenvalue weighted by Crippen LogP contribution is 2.33. The lowest BCUT2D eigenvalue weighted by Crippen LogP contribution is -2.30. The summed E-state index contributed by atoms with van der Waals surface area (Å²) < 4.78 is 5.34. The van der Waals surface area contributed by atoms with E-state index in [0.717, 1.165) is 36.0 Å². The Labute approximate surface area is 135 Å². The highest BCUT2D eigenvalue weighted by molar-refractivity contribution is 5.98. The number of aryl methyl sites for hydroxylation is 1. The number of Topliss-reactive ketones (excluding diaryl/α,β-unsaturated/α-hetero) is 1. The second-order valence-corrected chi connectivity index (χ2v) is 6.33. The normalized spacial score (nSPS) is 23.9. The summed E-state index contributed by atoms with van der Waals surface area (Å²) in [6.07, 6.45) is 3.69. The zero-order valence-electron chi connectivity index (χ0n) is 13.3. The lowest BCUT2D eigenvalue weighted by atomic mass is 9.91. The predicted molar refractivity (Wildman–Crippen MR) is 84.2 cm³/mol. The number of cyclic esters (lactones) is 1. The molecule has 5 heteroatoms. The van der Waals surface area contributed by atoms with E-state index in [0.29, 0.717) is 19.4 Å². The molecule has 1 heterocycles. The maximum atomic E-state index is 12.2. The number of fused-ring (bicyclic) bond motifs is 1. The number of ether oxygens (including phenoxy) is 1. The van der Waals surface area contributed by atoms with Crippen molar-refractivity contribution in [3.05, 3.63) is 34.9 Å². The molecule has 1 unspecified atom stereocenters. The van der Waals surface area contributed by atoms with Crippen molar-refractivity contribution in [3.8, 4) is 0 Å². The number of rotatable bonds is 3. The minimum Gasteiger partial charge on any atom is -0.460 e. The first-order valence-electron chi connectivity index (χ1n) is 8.15. The van der Waals surface area contributed by atoms with Crippen LogP contribution >= 0.6 is 0 Å². The van der Waals surface area contributed by atoms with Crippen LogP contribution in [0.25, 0.3) is 0 Å². The summed E-state index contributed by atoms with van der Waals surface area (Å²) in [7, 11) is 0. The van der Waals surface area contributed by atoms with Crippen LogP contribution in [0.1, 0.15) is 60.0 Å². The third-order valence-corrected chi connectivity index (χ3v) is 4.58. The van der Waals surface area contributed by atoms with Crippen molar-refractivity contribution in [2.45, 2.75) is 51.0 Å². The van der Waals surface area contributed by atoms with Gasteiger partial charge in [0, 0.05) is 25.3 Å². The van der Waals surface area contributed by atoms with Crippen molar-refractivity contribution in [3.63, 3.8) is 0 Å². The number of nitrogens with one attached hydrogen (secondary N) is 1. The molecule has 1 aliphatic carbocycles. The van der Waals surface area contributed by atoms with Crippen LogP contribution in [0.3, 0.4) is 0 Å². The Bertz CT molecular complexity index is 652. The van der Waals surface area contributed by atoms with Gasteiger partial charge in [-0.15, -0.1) is 0 Å². The molecule has 5 nitrogen and oxygen atoms in total. The average molecular weight is 315 g/mol. The van der Waals surface area contributed by atoms with Gasteiger partial charge in [0.1, 0.15) is 6.10 Å². The Balaban J connectivity index is 1.78. The largest absolute Gasteiger partial charge is 0.460 e. The Hall–Kier alpha value is -2.17. The predicted octanol–water partition coefficient (Wildman–Crippen LogP) is 2.13. The van der Waals surface area contributed by atoms with Gasteiger partial charge in [0.2, 0.25) is 5.91 Å². The van der Waals surface area contributed by atoms with Gasteiger partial charge in [0.15, 0.2) is 5.78 Å². The summed E-state index contributed by atoms with van der Waals surface area (Å²) in [5, 5.41) is 2.68. The molecular formula is C18H21NO4. The van der Waals surface area contributed by atoms with Gasteiger partial charge in [-0.2, -0.15) is 0 Å². The lowest BCUT2D eigenvalue weighted by molar-refractivity contribution is -0.142. The Morgan fingerprint density at radius 3 is 2.83 bits per heavy atom. The van der Waals surface area contributed by atoms with Gasteiger partial charge < -0.3 is 10.1 Å². The average Bonchev–Trinajstić information content (AvgIpc) is 2.80. The fourth-order valence-electron chi connectivity index (χ4n) is 3.33. The quantitative estimate of drug-likeness (QED) is 0.685. The van der Waals surface area contributed by atoms with Crippen LogP contribution in [0, 0.1) is 0 Å². The Kier molecular flexibility index (Phi) is 4.46. The van der Waals surface area contributed by atoms with Crippen LogP contribution in [0.15, 0.2) is 18.2 Å². The Morgan fingerprint density at radius 1 is 1.26 bits per heavy atom. The van der Waals surface area contributed by atoms with E-state index in [9.17, 15) is 14.4 Å². The minimum absolute atomic E-state index is 0.139. The standard InChI is InChI=1S/C18H21NO4/c1-11(20)19-10-14-9-16(18(22)23-14)13-7-6-12-4-2-3-5-17(21)15(12)8-13/h6-8,14,16H,2-5,9-10H2,1H3,(H,19,20)/t14-,16?/m0/s1. The van der Waals surface area contributed by atoms with E-state index in [1.807, 2.05) is 18.2 Å². The number of carbonyl (C=O) groups excluding carboxylic acids is 3. The van der Waals surface area contributed by atoms with Gasteiger partial charge in [0.25, 0.3) is 0 Å². The molecule has 2 atom stereocenters. The SMILES string of the molecule is CC(=O)NC[C@@H]1CC(c2ccc3c(c2)C(=O)CCCC3)C(=O)O1. The van der Waals surface area contributed by atoms with E-state index in [2.05, 4.69) is 5.32 Å². The van der Waals surface area contributed by atoms with Crippen molar-refractivity contribution in [1.82, 2.24) is 5.32 Å². The maximum Gasteiger partial charge on any atom is 0.313 e. The van der Waals surface area contributed by atoms with Gasteiger partial charge in [-0.05, 0) is 36.5 Å². The molecule has 0 radical (unpaired) electrons. The summed E-state index contributed by atoms with van der Waals surface area (Å²) >= 11 is 0. The third kappa shape index (κ3) is 3.44. The molecular weight excluding hydrogens is 294 g/mol.